The predicted octanol–water partition coefficient (Wildman–Crippen LogP) is -1.13. The van der Waals surface area contributed by atoms with Gasteiger partial charge in [-0.3, -0.25) is 0 Å². The van der Waals surface area contributed by atoms with Crippen molar-refractivity contribution in [3.8, 4) is 0 Å². The van der Waals surface area contributed by atoms with E-state index < -0.39 is 0 Å². The second-order valence-electron chi connectivity index (χ2n) is 2.51. The van der Waals surface area contributed by atoms with Crippen LogP contribution in [0.5, 0.6) is 0 Å². The summed E-state index contributed by atoms with van der Waals surface area (Å²) < 4.78 is 1.66. The molecule has 1 aromatic rings. The van der Waals surface area contributed by atoms with E-state index in [2.05, 4.69) is 33.1 Å². The normalized spacial score (nSPS) is 10.0. The molecule has 0 bridgehead atoms. The SMILES string of the molecule is CN(C)CCn1nnnc1S.[NaH]. The van der Waals surface area contributed by atoms with Gasteiger partial charge in [-0.05, 0) is 24.5 Å². The van der Waals surface area contributed by atoms with E-state index in [-0.39, 0.29) is 29.6 Å². The van der Waals surface area contributed by atoms with Crippen LogP contribution in [0.4, 0.5) is 0 Å². The van der Waals surface area contributed by atoms with Crippen LogP contribution in [0.1, 0.15) is 0 Å². The van der Waals surface area contributed by atoms with Crippen LogP contribution in [-0.4, -0.2) is 75.3 Å². The summed E-state index contributed by atoms with van der Waals surface area (Å²) in [5.41, 5.74) is 0. The summed E-state index contributed by atoms with van der Waals surface area (Å²) in [6.45, 7) is 1.69. The number of rotatable bonds is 3. The second kappa shape index (κ2) is 5.93. The standard InChI is InChI=1S/C5H11N5S.Na.H/c1-9(2)3-4-10-5(11)6-7-8-10;;/h3-4H2,1-2H3,(H,6,8,11);;. The maximum atomic E-state index is 4.06. The monoisotopic (exact) mass is 197 g/mol. The molecule has 0 fully saturated rings. The Morgan fingerprint density at radius 3 is 2.58 bits per heavy atom. The summed E-state index contributed by atoms with van der Waals surface area (Å²) in [5.74, 6) is 0. The molecule has 0 saturated heterocycles. The molecule has 0 unspecified atom stereocenters. The number of thiol groups is 1. The number of nitrogens with zero attached hydrogens (tertiary/aromatic N) is 5. The molecule has 5 nitrogen and oxygen atoms in total. The number of aromatic nitrogens is 4. The molecule has 1 rings (SSSR count). The van der Waals surface area contributed by atoms with Crippen molar-refractivity contribution in [1.82, 2.24) is 25.1 Å². The molecule has 7 heteroatoms. The van der Waals surface area contributed by atoms with Gasteiger partial charge in [0.05, 0.1) is 6.54 Å². The molecule has 0 atom stereocenters. The molecular weight excluding hydrogens is 185 g/mol. The maximum absolute atomic E-state index is 4.06. The number of tetrazole rings is 1. The number of hydrogen-bond donors (Lipinski definition) is 1. The Hall–Kier alpha value is 0.380. The first-order chi connectivity index (χ1) is 5.20. The third kappa shape index (κ3) is 3.86. The fourth-order valence-corrected chi connectivity index (χ4v) is 0.819. The van der Waals surface area contributed by atoms with Gasteiger partial charge in [-0.15, -0.1) is 17.7 Å². The van der Waals surface area contributed by atoms with Crippen LogP contribution in [-0.2, 0) is 6.54 Å². The van der Waals surface area contributed by atoms with Crippen molar-refractivity contribution in [3.63, 3.8) is 0 Å². The molecule has 0 aliphatic heterocycles. The van der Waals surface area contributed by atoms with E-state index in [4.69, 9.17) is 0 Å². The van der Waals surface area contributed by atoms with Crippen LogP contribution >= 0.6 is 12.6 Å². The van der Waals surface area contributed by atoms with E-state index in [1.165, 1.54) is 0 Å². The van der Waals surface area contributed by atoms with E-state index in [0.29, 0.717) is 5.16 Å². The van der Waals surface area contributed by atoms with Crippen LogP contribution in [0.25, 0.3) is 0 Å². The van der Waals surface area contributed by atoms with Crippen LogP contribution < -0.4 is 0 Å². The van der Waals surface area contributed by atoms with Crippen LogP contribution in [0.3, 0.4) is 0 Å². The Balaban J connectivity index is 0.00000121. The molecule has 1 aromatic heterocycles. The molecule has 1 heterocycles. The molecular formula is C5H12N5NaS. The summed E-state index contributed by atoms with van der Waals surface area (Å²) in [7, 11) is 4.01. The second-order valence-corrected chi connectivity index (χ2v) is 2.91. The Bertz CT molecular complexity index is 225. The number of hydrogen-bond acceptors (Lipinski definition) is 5. The van der Waals surface area contributed by atoms with Crippen molar-refractivity contribution in [2.75, 3.05) is 20.6 Å². The summed E-state index contributed by atoms with van der Waals surface area (Å²) in [6.07, 6.45) is 0. The molecule has 12 heavy (non-hydrogen) atoms. The summed E-state index contributed by atoms with van der Waals surface area (Å²) >= 11 is 4.06. The molecule has 0 radical (unpaired) electrons. The first-order valence-electron chi connectivity index (χ1n) is 3.30. The van der Waals surface area contributed by atoms with Gasteiger partial charge in [-0.1, -0.05) is 0 Å². The summed E-state index contributed by atoms with van der Waals surface area (Å²) in [5, 5.41) is 11.4. The molecule has 0 aromatic carbocycles. The van der Waals surface area contributed by atoms with Gasteiger partial charge in [0.25, 0.3) is 0 Å². The summed E-state index contributed by atoms with van der Waals surface area (Å²) in [6, 6.07) is 0. The molecule has 0 N–H and O–H groups in total. The zero-order valence-electron chi connectivity index (χ0n) is 6.60. The van der Waals surface area contributed by atoms with Gasteiger partial charge >= 0.3 is 29.6 Å². The van der Waals surface area contributed by atoms with E-state index in [1.54, 1.807) is 4.68 Å². The van der Waals surface area contributed by atoms with E-state index in [9.17, 15) is 0 Å². The molecule has 0 spiro atoms. The van der Waals surface area contributed by atoms with Crippen molar-refractivity contribution < 1.29 is 0 Å². The van der Waals surface area contributed by atoms with Gasteiger partial charge in [0.15, 0.2) is 0 Å². The zero-order valence-corrected chi connectivity index (χ0v) is 7.49. The first kappa shape index (κ1) is 12.4. The Morgan fingerprint density at radius 2 is 2.17 bits per heavy atom. The third-order valence-electron chi connectivity index (χ3n) is 1.27. The minimum atomic E-state index is 0. The van der Waals surface area contributed by atoms with Gasteiger partial charge in [-0.25, -0.2) is 4.68 Å². The quantitative estimate of drug-likeness (QED) is 0.492. The van der Waals surface area contributed by atoms with Crippen molar-refractivity contribution in [2.24, 2.45) is 0 Å². The van der Waals surface area contributed by atoms with Crippen LogP contribution in [0.2, 0.25) is 0 Å². The van der Waals surface area contributed by atoms with Crippen molar-refractivity contribution in [3.05, 3.63) is 0 Å². The van der Waals surface area contributed by atoms with Crippen molar-refractivity contribution in [2.45, 2.75) is 11.7 Å². The summed E-state index contributed by atoms with van der Waals surface area (Å²) in [4.78, 5) is 2.06. The first-order valence-corrected chi connectivity index (χ1v) is 3.74. The topological polar surface area (TPSA) is 46.8 Å². The number of likely N-dealkylation sites (N-methyl/N-ethyl adjacent to an activating group) is 1. The van der Waals surface area contributed by atoms with E-state index >= 15 is 0 Å². The fraction of sp³-hybridized carbons (Fsp3) is 0.800. The van der Waals surface area contributed by atoms with Gasteiger partial charge in [0.1, 0.15) is 0 Å². The van der Waals surface area contributed by atoms with Crippen molar-refractivity contribution >= 4 is 42.2 Å². The van der Waals surface area contributed by atoms with Crippen LogP contribution in [0.15, 0.2) is 5.16 Å². The fourth-order valence-electron chi connectivity index (χ4n) is 0.639. The molecule has 64 valence electrons. The average molecular weight is 197 g/mol. The molecule has 0 aliphatic rings. The van der Waals surface area contributed by atoms with Crippen molar-refractivity contribution in [1.29, 1.82) is 0 Å². The Kier molecular flexibility index (Phi) is 6.12. The molecule has 0 amide bonds. The minimum absolute atomic E-state index is 0. The third-order valence-corrected chi connectivity index (χ3v) is 1.59. The van der Waals surface area contributed by atoms with E-state index in [1.807, 2.05) is 14.1 Å². The predicted molar refractivity (Wildman–Crippen MR) is 50.8 cm³/mol. The van der Waals surface area contributed by atoms with E-state index in [0.717, 1.165) is 13.1 Å². The van der Waals surface area contributed by atoms with Gasteiger partial charge in [0.2, 0.25) is 5.16 Å². The molecule has 0 aliphatic carbocycles. The average Bonchev–Trinajstić information content (AvgIpc) is 2.31. The Morgan fingerprint density at radius 1 is 1.50 bits per heavy atom. The van der Waals surface area contributed by atoms with Gasteiger partial charge in [-0.2, -0.15) is 0 Å². The van der Waals surface area contributed by atoms with Gasteiger partial charge < -0.3 is 4.90 Å². The molecule has 0 saturated carbocycles. The van der Waals surface area contributed by atoms with Crippen LogP contribution in [0, 0.1) is 0 Å². The van der Waals surface area contributed by atoms with Gasteiger partial charge in [0, 0.05) is 6.54 Å². The Labute approximate surface area is 99.2 Å². The zero-order chi connectivity index (χ0) is 8.27.